The number of aliphatic hydroxyl groups excluding tert-OH is 1. The normalized spacial score (nSPS) is 18.8. The van der Waals surface area contributed by atoms with Gasteiger partial charge in [0.2, 0.25) is 0 Å². The lowest BCUT2D eigenvalue weighted by Crippen LogP contribution is -2.44. The predicted octanol–water partition coefficient (Wildman–Crippen LogP) is 5.26. The van der Waals surface area contributed by atoms with E-state index in [0.29, 0.717) is 22.4 Å². The minimum Gasteiger partial charge on any atom is -0.406 e. The van der Waals surface area contributed by atoms with E-state index in [9.17, 15) is 39.9 Å². The number of aliphatic hydroxyl groups is 1. The van der Waals surface area contributed by atoms with E-state index in [0.717, 1.165) is 12.3 Å². The van der Waals surface area contributed by atoms with Crippen molar-refractivity contribution in [3.63, 3.8) is 0 Å². The van der Waals surface area contributed by atoms with Crippen LogP contribution in [0.15, 0.2) is 77.7 Å². The van der Waals surface area contributed by atoms with E-state index in [-0.39, 0.29) is 17.9 Å². The summed E-state index contributed by atoms with van der Waals surface area (Å²) in [6.45, 7) is -0.928. The van der Waals surface area contributed by atoms with Gasteiger partial charge in [0.15, 0.2) is 15.9 Å². The van der Waals surface area contributed by atoms with Crippen LogP contribution in [0, 0.1) is 0 Å². The molecular formula is C26H23F6NO4S. The fraction of sp³-hybridized carbons (Fsp3) is 0.308. The molecular weight excluding hydrogens is 536 g/mol. The average molecular weight is 560 g/mol. The predicted molar refractivity (Wildman–Crippen MR) is 128 cm³/mol. The molecule has 3 aromatic carbocycles. The molecule has 0 fully saturated rings. The number of ether oxygens (including phenoxy) is 1. The molecule has 3 aromatic rings. The van der Waals surface area contributed by atoms with Gasteiger partial charge in [-0.05, 0) is 53.4 Å². The summed E-state index contributed by atoms with van der Waals surface area (Å²) in [5.74, 6) is -0.509. The first-order chi connectivity index (χ1) is 17.6. The topological polar surface area (TPSA) is 66.8 Å². The number of anilines is 1. The molecule has 12 heteroatoms. The van der Waals surface area contributed by atoms with E-state index in [1.807, 2.05) is 0 Å². The van der Waals surface area contributed by atoms with Crippen LogP contribution in [0.4, 0.5) is 32.0 Å². The Morgan fingerprint density at radius 2 is 1.66 bits per heavy atom. The number of fused-ring (bicyclic) bond motifs is 1. The molecule has 0 saturated carbocycles. The van der Waals surface area contributed by atoms with Crippen molar-refractivity contribution in [2.45, 2.75) is 35.4 Å². The second-order valence-corrected chi connectivity index (χ2v) is 11.2. The number of halogens is 6. The Kier molecular flexibility index (Phi) is 7.17. The molecule has 0 spiro atoms. The van der Waals surface area contributed by atoms with Crippen LogP contribution in [-0.4, -0.2) is 51.5 Å². The average Bonchev–Trinajstić information content (AvgIpc) is 3.11. The highest BCUT2D eigenvalue weighted by atomic mass is 32.2. The molecule has 0 amide bonds. The highest BCUT2D eigenvalue weighted by Crippen LogP contribution is 2.48. The van der Waals surface area contributed by atoms with Crippen molar-refractivity contribution < 1.29 is 44.6 Å². The van der Waals surface area contributed by atoms with Gasteiger partial charge < -0.3 is 14.7 Å². The lowest BCUT2D eigenvalue weighted by atomic mass is 9.71. The van der Waals surface area contributed by atoms with Crippen LogP contribution in [0.5, 0.6) is 5.75 Å². The Labute approximate surface area is 215 Å². The largest absolute Gasteiger partial charge is 0.573 e. The monoisotopic (exact) mass is 559 g/mol. The SMILES string of the molecule is CS(=O)(=O)c1cccc(CC2(c3cccc(OC(F)(F)F)c3)CN(C[C@@H](O)C(F)(F)F)c3ccccc32)c1. The fourth-order valence-corrected chi connectivity index (χ4v) is 5.54. The van der Waals surface area contributed by atoms with Crippen molar-refractivity contribution in [3.8, 4) is 5.75 Å². The first kappa shape index (κ1) is 27.8. The van der Waals surface area contributed by atoms with E-state index >= 15 is 0 Å². The molecule has 1 aliphatic heterocycles. The maximum absolute atomic E-state index is 13.3. The van der Waals surface area contributed by atoms with Gasteiger partial charge in [0, 0.05) is 23.9 Å². The van der Waals surface area contributed by atoms with Crippen molar-refractivity contribution in [3.05, 3.63) is 89.5 Å². The summed E-state index contributed by atoms with van der Waals surface area (Å²) in [6, 6.07) is 17.7. The number of alkyl halides is 6. The summed E-state index contributed by atoms with van der Waals surface area (Å²) in [5, 5.41) is 9.82. The molecule has 4 rings (SSSR count). The van der Waals surface area contributed by atoms with Gasteiger partial charge >= 0.3 is 12.5 Å². The molecule has 0 saturated heterocycles. The van der Waals surface area contributed by atoms with Crippen LogP contribution in [0.3, 0.4) is 0 Å². The summed E-state index contributed by atoms with van der Waals surface area (Å²) in [7, 11) is -3.59. The van der Waals surface area contributed by atoms with Crippen molar-refractivity contribution in [1.82, 2.24) is 0 Å². The number of hydrogen-bond donors (Lipinski definition) is 1. The van der Waals surface area contributed by atoms with E-state index in [1.54, 1.807) is 36.4 Å². The Morgan fingerprint density at radius 3 is 2.32 bits per heavy atom. The van der Waals surface area contributed by atoms with Crippen molar-refractivity contribution >= 4 is 15.5 Å². The van der Waals surface area contributed by atoms with Gasteiger partial charge in [0.05, 0.1) is 11.4 Å². The van der Waals surface area contributed by atoms with Crippen LogP contribution in [0.2, 0.25) is 0 Å². The van der Waals surface area contributed by atoms with Crippen LogP contribution < -0.4 is 9.64 Å². The van der Waals surface area contributed by atoms with Crippen molar-refractivity contribution in [2.24, 2.45) is 0 Å². The number of benzene rings is 3. The molecule has 0 bridgehead atoms. The Balaban J connectivity index is 1.88. The van der Waals surface area contributed by atoms with E-state index in [4.69, 9.17) is 0 Å². The standard InChI is InChI=1S/C26H23F6NO4S/c1-38(35,36)20-9-4-6-17(12-20)14-24(18-7-5-8-19(13-18)37-26(30,31)32)16-33(15-23(34)25(27,28)29)22-11-3-2-10-21(22)24/h2-13,23,34H,14-16H2,1H3/t23-,24?/m1/s1. The van der Waals surface area contributed by atoms with Gasteiger partial charge in [-0.1, -0.05) is 42.5 Å². The minimum absolute atomic E-state index is 0.0231. The molecule has 1 N–H and O–H groups in total. The number of β-amino-alcohol motifs (C(OH)–C–C–N with tert-alkyl or cyclic N) is 1. The van der Waals surface area contributed by atoms with Gasteiger partial charge in [-0.3, -0.25) is 0 Å². The molecule has 2 atom stereocenters. The van der Waals surface area contributed by atoms with Crippen LogP contribution in [0.25, 0.3) is 0 Å². The zero-order chi connectivity index (χ0) is 27.9. The Hall–Kier alpha value is -3.25. The highest BCUT2D eigenvalue weighted by Gasteiger charge is 2.47. The summed E-state index contributed by atoms with van der Waals surface area (Å²) in [5.41, 5.74) is 0.507. The third-order valence-corrected chi connectivity index (χ3v) is 7.56. The fourth-order valence-electron chi connectivity index (χ4n) is 4.85. The molecule has 0 radical (unpaired) electrons. The number of sulfone groups is 1. The maximum atomic E-state index is 13.3. The third-order valence-electron chi connectivity index (χ3n) is 6.44. The second-order valence-electron chi connectivity index (χ2n) is 9.21. The van der Waals surface area contributed by atoms with Crippen LogP contribution in [-0.2, 0) is 21.7 Å². The molecule has 5 nitrogen and oxygen atoms in total. The number of nitrogens with zero attached hydrogens (tertiary/aromatic N) is 1. The van der Waals surface area contributed by atoms with Crippen LogP contribution >= 0.6 is 0 Å². The summed E-state index contributed by atoms with van der Waals surface area (Å²) >= 11 is 0. The Morgan fingerprint density at radius 1 is 0.974 bits per heavy atom. The van der Waals surface area contributed by atoms with E-state index in [1.165, 1.54) is 35.2 Å². The van der Waals surface area contributed by atoms with Crippen molar-refractivity contribution in [1.29, 1.82) is 0 Å². The summed E-state index contributed by atoms with van der Waals surface area (Å²) < 4.78 is 107. The first-order valence-electron chi connectivity index (χ1n) is 11.3. The van der Waals surface area contributed by atoms with Gasteiger partial charge in [0.1, 0.15) is 5.75 Å². The van der Waals surface area contributed by atoms with Gasteiger partial charge in [-0.15, -0.1) is 13.2 Å². The van der Waals surface area contributed by atoms with Gasteiger partial charge in [-0.2, -0.15) is 13.2 Å². The molecule has 0 aliphatic carbocycles. The smallest absolute Gasteiger partial charge is 0.406 e. The second kappa shape index (κ2) is 9.81. The van der Waals surface area contributed by atoms with Gasteiger partial charge in [-0.25, -0.2) is 8.42 Å². The molecule has 204 valence electrons. The molecule has 38 heavy (non-hydrogen) atoms. The minimum atomic E-state index is -4.97. The molecule has 0 aromatic heterocycles. The lowest BCUT2D eigenvalue weighted by Gasteiger charge is -2.33. The maximum Gasteiger partial charge on any atom is 0.573 e. The zero-order valence-corrected chi connectivity index (χ0v) is 20.7. The Bertz CT molecular complexity index is 1420. The van der Waals surface area contributed by atoms with E-state index in [2.05, 4.69) is 4.74 Å². The lowest BCUT2D eigenvalue weighted by molar-refractivity contribution is -0.274. The number of para-hydroxylation sites is 1. The first-order valence-corrected chi connectivity index (χ1v) is 13.2. The number of hydrogen-bond acceptors (Lipinski definition) is 5. The summed E-state index contributed by atoms with van der Waals surface area (Å²) in [4.78, 5) is 1.36. The number of rotatable bonds is 7. The van der Waals surface area contributed by atoms with Gasteiger partial charge in [0.25, 0.3) is 0 Å². The third kappa shape index (κ3) is 5.91. The van der Waals surface area contributed by atoms with Crippen LogP contribution in [0.1, 0.15) is 16.7 Å². The zero-order valence-electron chi connectivity index (χ0n) is 19.9. The highest BCUT2D eigenvalue weighted by molar-refractivity contribution is 7.90. The molecule has 1 heterocycles. The molecule has 1 unspecified atom stereocenters. The summed E-state index contributed by atoms with van der Waals surface area (Å²) in [6.07, 6.45) is -11.4. The van der Waals surface area contributed by atoms with E-state index < -0.39 is 46.2 Å². The van der Waals surface area contributed by atoms with Crippen molar-refractivity contribution in [2.75, 3.05) is 24.2 Å². The quantitative estimate of drug-likeness (QED) is 0.400. The molecule has 1 aliphatic rings.